The molecule has 0 fully saturated rings. The third kappa shape index (κ3) is 10.0. The van der Waals surface area contributed by atoms with Gasteiger partial charge in [0.2, 0.25) is 0 Å². The van der Waals surface area contributed by atoms with Crippen molar-refractivity contribution < 1.29 is 4.74 Å². The molecule has 1 aliphatic rings. The van der Waals surface area contributed by atoms with Gasteiger partial charge in [-0.05, 0) is 127 Å². The highest BCUT2D eigenvalue weighted by Gasteiger charge is 2.34. The number of rotatable bonds is 10. The van der Waals surface area contributed by atoms with Crippen molar-refractivity contribution in [3.05, 3.63) is 196 Å². The predicted molar refractivity (Wildman–Crippen MR) is 317 cm³/mol. The third-order valence-corrected chi connectivity index (χ3v) is 15.5. The molecule has 9 rings (SSSR count). The molecule has 5 nitrogen and oxygen atoms in total. The predicted octanol–water partition coefficient (Wildman–Crippen LogP) is 19.0. The Labute approximate surface area is 444 Å². The van der Waals surface area contributed by atoms with Crippen molar-refractivity contribution in [1.29, 1.82) is 0 Å². The van der Waals surface area contributed by atoms with Crippen molar-refractivity contribution in [3.63, 3.8) is 0 Å². The summed E-state index contributed by atoms with van der Waals surface area (Å²) in [5.74, 6) is 3.12. The van der Waals surface area contributed by atoms with Crippen LogP contribution in [-0.2, 0) is 27.1 Å². The van der Waals surface area contributed by atoms with Gasteiger partial charge in [0.15, 0.2) is 0 Å². The molecule has 6 aromatic carbocycles. The Morgan fingerprint density at radius 2 is 1.04 bits per heavy atom. The first-order valence-corrected chi connectivity index (χ1v) is 27.1. The zero-order chi connectivity index (χ0) is 53.4. The van der Waals surface area contributed by atoms with E-state index in [0.717, 1.165) is 34.0 Å². The molecule has 5 heteroatoms. The molecule has 0 aliphatic carbocycles. The van der Waals surface area contributed by atoms with E-state index in [2.05, 4.69) is 279 Å². The quantitative estimate of drug-likeness (QED) is 0.137. The van der Waals surface area contributed by atoms with Crippen molar-refractivity contribution in [3.8, 4) is 17.3 Å². The lowest BCUT2D eigenvalue weighted by atomic mass is 9.76. The first-order valence-electron chi connectivity index (χ1n) is 27.1. The van der Waals surface area contributed by atoms with Crippen LogP contribution in [0.3, 0.4) is 0 Å². The maximum absolute atomic E-state index is 7.45. The zero-order valence-corrected chi connectivity index (χ0v) is 47.9. The summed E-state index contributed by atoms with van der Waals surface area (Å²) in [4.78, 5) is 10.1. The number of pyridine rings is 1. The Balaban J connectivity index is 1.28. The van der Waals surface area contributed by atoms with E-state index in [1.807, 2.05) is 6.20 Å². The van der Waals surface area contributed by atoms with E-state index in [9.17, 15) is 0 Å². The molecule has 0 N–H and O–H groups in total. The van der Waals surface area contributed by atoms with Gasteiger partial charge in [0.25, 0.3) is 0 Å². The fourth-order valence-corrected chi connectivity index (χ4v) is 10.8. The SMILES string of the molecule is CC(C)c1cccc(C(C)C)c1C1=CN(c2cc(C(C)(C)C)cc(C(C)(C)C)c2)CN1c1cc(Oc2cc(C(C)(C)c3ccccc3)c3c4ccccc4n(-c4cc(C(C)(C)C)ccn4)c3c2)cc(C(C)(C)C)c1. The van der Waals surface area contributed by atoms with E-state index in [1.54, 1.807) is 0 Å². The minimum Gasteiger partial charge on any atom is -0.457 e. The third-order valence-electron chi connectivity index (χ3n) is 15.5. The molecule has 0 spiro atoms. The molecule has 0 saturated carbocycles. The fraction of sp³-hybridized carbons (Fsp3) is 0.377. The van der Waals surface area contributed by atoms with Gasteiger partial charge in [0.1, 0.15) is 17.3 Å². The Kier molecular flexibility index (Phi) is 13.4. The first kappa shape index (κ1) is 52.3. The molecule has 2 aromatic heterocycles. The summed E-state index contributed by atoms with van der Waals surface area (Å²) in [6.07, 6.45) is 4.39. The van der Waals surface area contributed by atoms with Gasteiger partial charge in [0.05, 0.1) is 23.4 Å². The summed E-state index contributed by atoms with van der Waals surface area (Å²) in [5.41, 5.74) is 16.6. The maximum atomic E-state index is 7.45. The minimum absolute atomic E-state index is 0.0230. The smallest absolute Gasteiger partial charge is 0.137 e. The van der Waals surface area contributed by atoms with Crippen LogP contribution in [0, 0.1) is 0 Å². The van der Waals surface area contributed by atoms with Gasteiger partial charge in [-0.25, -0.2) is 4.98 Å². The standard InChI is InChI=1S/C69H82N4O/c1-44(2)55-28-24-29-56(45(3)4)63(55)61-42-71(51-34-48(66(8,9)10)33-49(35-51)67(11,12)13)43-72(61)52-36-50(68(14,15)16)37-53(39-52)74-54-40-58(69(17,18)46-25-20-19-21-26-46)64-57-27-22-23-30-59(57)73(60(64)41-54)62-38-47(31-32-70-62)65(5,6)7/h19-42,44-45H,43H2,1-18H3. The second kappa shape index (κ2) is 19.0. The average molecular weight is 983 g/mol. The highest BCUT2D eigenvalue weighted by atomic mass is 16.5. The van der Waals surface area contributed by atoms with Crippen LogP contribution in [0.1, 0.15) is 187 Å². The summed E-state index contributed by atoms with van der Waals surface area (Å²) in [7, 11) is 0. The molecule has 0 atom stereocenters. The zero-order valence-electron chi connectivity index (χ0n) is 47.9. The molecule has 0 unspecified atom stereocenters. The summed E-state index contributed by atoms with van der Waals surface area (Å²) < 4.78 is 9.80. The number of hydrogen-bond donors (Lipinski definition) is 0. The lowest BCUT2D eigenvalue weighted by Crippen LogP contribution is -2.28. The Bertz CT molecular complexity index is 3350. The largest absolute Gasteiger partial charge is 0.457 e. The molecule has 8 aromatic rings. The van der Waals surface area contributed by atoms with Gasteiger partial charge in [0, 0.05) is 57.7 Å². The molecule has 384 valence electrons. The highest BCUT2D eigenvalue weighted by molar-refractivity contribution is 6.12. The van der Waals surface area contributed by atoms with Gasteiger partial charge in [-0.1, -0.05) is 197 Å². The molecule has 0 saturated heterocycles. The second-order valence-electron chi connectivity index (χ2n) is 26.4. The van der Waals surface area contributed by atoms with Crippen LogP contribution >= 0.6 is 0 Å². The van der Waals surface area contributed by atoms with Crippen LogP contribution in [0.5, 0.6) is 11.5 Å². The van der Waals surface area contributed by atoms with E-state index in [1.165, 1.54) is 72.2 Å². The average Bonchev–Trinajstić information content (AvgIpc) is 3.93. The van der Waals surface area contributed by atoms with Crippen molar-refractivity contribution in [2.45, 2.75) is 164 Å². The van der Waals surface area contributed by atoms with Gasteiger partial charge in [-0.3, -0.25) is 4.57 Å². The monoisotopic (exact) mass is 983 g/mol. The van der Waals surface area contributed by atoms with Crippen LogP contribution in [0.4, 0.5) is 11.4 Å². The number of fused-ring (bicyclic) bond motifs is 3. The molecule has 74 heavy (non-hydrogen) atoms. The Morgan fingerprint density at radius 1 is 0.486 bits per heavy atom. The number of aromatic nitrogens is 2. The van der Waals surface area contributed by atoms with Crippen molar-refractivity contribution in [2.75, 3.05) is 16.5 Å². The van der Waals surface area contributed by atoms with Crippen molar-refractivity contribution >= 4 is 38.9 Å². The van der Waals surface area contributed by atoms with E-state index >= 15 is 0 Å². The molecule has 3 heterocycles. The summed E-state index contributed by atoms with van der Waals surface area (Å²) >= 11 is 0. The fourth-order valence-electron chi connectivity index (χ4n) is 10.8. The van der Waals surface area contributed by atoms with Crippen molar-refractivity contribution in [2.24, 2.45) is 0 Å². The molecular weight excluding hydrogens is 901 g/mol. The topological polar surface area (TPSA) is 33.5 Å². The number of nitrogens with zero attached hydrogens (tertiary/aromatic N) is 4. The lowest BCUT2D eigenvalue weighted by Gasteiger charge is -2.31. The van der Waals surface area contributed by atoms with Crippen molar-refractivity contribution in [1.82, 2.24) is 9.55 Å². The molecule has 1 aliphatic heterocycles. The van der Waals surface area contributed by atoms with Gasteiger partial charge in [-0.15, -0.1) is 0 Å². The van der Waals surface area contributed by atoms with Crippen LogP contribution in [0.2, 0.25) is 0 Å². The summed E-state index contributed by atoms with van der Waals surface area (Å²) in [6.45, 7) is 42.3. The van der Waals surface area contributed by atoms with E-state index in [0.29, 0.717) is 18.5 Å². The Morgan fingerprint density at radius 3 is 1.64 bits per heavy atom. The number of ether oxygens (including phenoxy) is 1. The van der Waals surface area contributed by atoms with Gasteiger partial charge >= 0.3 is 0 Å². The summed E-state index contributed by atoms with van der Waals surface area (Å²) in [5, 5.41) is 2.40. The van der Waals surface area contributed by atoms with Crippen LogP contribution in [0.25, 0.3) is 33.3 Å². The van der Waals surface area contributed by atoms with Gasteiger partial charge in [-0.2, -0.15) is 0 Å². The minimum atomic E-state index is -0.388. The highest BCUT2D eigenvalue weighted by Crippen LogP contribution is 2.47. The summed E-state index contributed by atoms with van der Waals surface area (Å²) in [6, 6.07) is 49.8. The van der Waals surface area contributed by atoms with Gasteiger partial charge < -0.3 is 14.5 Å². The Hall–Kier alpha value is -6.59. The molecule has 0 amide bonds. The number of hydrogen-bond acceptors (Lipinski definition) is 4. The van der Waals surface area contributed by atoms with Crippen LogP contribution in [-0.4, -0.2) is 16.2 Å². The maximum Gasteiger partial charge on any atom is 0.137 e. The van der Waals surface area contributed by atoms with Crippen LogP contribution < -0.4 is 14.5 Å². The normalized spacial score (nSPS) is 14.0. The van der Waals surface area contributed by atoms with E-state index in [4.69, 9.17) is 9.72 Å². The molecular formula is C69H82N4O. The number of para-hydroxylation sites is 1. The number of anilines is 2. The molecule has 0 bridgehead atoms. The van der Waals surface area contributed by atoms with Crippen LogP contribution in [0.15, 0.2) is 146 Å². The second-order valence-corrected chi connectivity index (χ2v) is 26.4. The number of benzene rings is 6. The first-order chi connectivity index (χ1) is 34.6. The lowest BCUT2D eigenvalue weighted by molar-refractivity contribution is 0.477. The molecule has 0 radical (unpaired) electrons. The van der Waals surface area contributed by atoms with E-state index in [-0.39, 0.29) is 27.1 Å². The van der Waals surface area contributed by atoms with E-state index < -0.39 is 0 Å².